The van der Waals surface area contributed by atoms with E-state index in [4.69, 9.17) is 21.1 Å². The number of aromatic nitrogens is 3. The Morgan fingerprint density at radius 2 is 2.08 bits per heavy atom. The highest BCUT2D eigenvalue weighted by Gasteiger charge is 2.19. The molecular weight excluding hydrogens is 342 g/mol. The van der Waals surface area contributed by atoms with Gasteiger partial charge in [0.1, 0.15) is 0 Å². The van der Waals surface area contributed by atoms with Gasteiger partial charge >= 0.3 is 5.97 Å². The Morgan fingerprint density at radius 3 is 2.84 bits per heavy atom. The molecular formula is C18H18ClN3O3. The molecule has 25 heavy (non-hydrogen) atoms. The topological polar surface area (TPSA) is 66.2 Å². The molecule has 3 aromatic rings. The molecule has 2 heterocycles. The normalized spacial score (nSPS) is 12.2. The van der Waals surface area contributed by atoms with Crippen LogP contribution in [-0.2, 0) is 23.0 Å². The van der Waals surface area contributed by atoms with Gasteiger partial charge in [-0.15, -0.1) is 0 Å². The molecule has 130 valence electrons. The van der Waals surface area contributed by atoms with Crippen molar-refractivity contribution in [3.63, 3.8) is 0 Å². The van der Waals surface area contributed by atoms with Crippen LogP contribution in [0.1, 0.15) is 24.5 Å². The molecule has 0 aliphatic rings. The molecule has 6 nitrogen and oxygen atoms in total. The summed E-state index contributed by atoms with van der Waals surface area (Å²) in [6.07, 6.45) is -0.425. The summed E-state index contributed by atoms with van der Waals surface area (Å²) in [5.41, 5.74) is 2.28. The Bertz CT molecular complexity index is 923. The summed E-state index contributed by atoms with van der Waals surface area (Å²) in [5, 5.41) is 0.617. The van der Waals surface area contributed by atoms with Crippen LogP contribution < -0.4 is 4.74 Å². The van der Waals surface area contributed by atoms with Crippen molar-refractivity contribution in [2.24, 2.45) is 7.05 Å². The van der Waals surface area contributed by atoms with Crippen LogP contribution in [0.2, 0.25) is 5.02 Å². The fraction of sp³-hybridized carbons (Fsp3) is 0.278. The van der Waals surface area contributed by atoms with Crippen molar-refractivity contribution in [3.8, 4) is 5.88 Å². The maximum atomic E-state index is 12.2. The summed E-state index contributed by atoms with van der Waals surface area (Å²) >= 11 is 6.01. The third-order valence-corrected chi connectivity index (χ3v) is 4.10. The Hall–Kier alpha value is -2.60. The van der Waals surface area contributed by atoms with Crippen molar-refractivity contribution in [2.75, 3.05) is 7.11 Å². The average molecular weight is 360 g/mol. The molecule has 0 N–H and O–H groups in total. The fourth-order valence-corrected chi connectivity index (χ4v) is 2.83. The molecule has 0 amide bonds. The number of benzene rings is 1. The van der Waals surface area contributed by atoms with Gasteiger partial charge in [-0.2, -0.15) is 0 Å². The van der Waals surface area contributed by atoms with E-state index >= 15 is 0 Å². The van der Waals surface area contributed by atoms with Gasteiger partial charge in [0.05, 0.1) is 30.3 Å². The number of fused-ring (bicyclic) bond motifs is 1. The van der Waals surface area contributed by atoms with Gasteiger partial charge in [-0.3, -0.25) is 4.79 Å². The molecule has 0 unspecified atom stereocenters. The monoisotopic (exact) mass is 359 g/mol. The Balaban J connectivity index is 1.74. The average Bonchev–Trinajstić information content (AvgIpc) is 2.91. The zero-order valence-corrected chi connectivity index (χ0v) is 14.9. The summed E-state index contributed by atoms with van der Waals surface area (Å²) in [5.74, 6) is 0.744. The molecule has 0 fully saturated rings. The number of carbonyl (C=O) groups is 1. The maximum Gasteiger partial charge on any atom is 0.312 e. The minimum atomic E-state index is -0.491. The predicted molar refractivity (Wildman–Crippen MR) is 94.7 cm³/mol. The molecule has 7 heteroatoms. The number of halogens is 1. The van der Waals surface area contributed by atoms with E-state index in [-0.39, 0.29) is 12.4 Å². The van der Waals surface area contributed by atoms with Gasteiger partial charge in [0.2, 0.25) is 5.88 Å². The van der Waals surface area contributed by atoms with E-state index < -0.39 is 6.10 Å². The van der Waals surface area contributed by atoms with E-state index in [1.807, 2.05) is 17.7 Å². The second kappa shape index (κ2) is 7.11. The van der Waals surface area contributed by atoms with Gasteiger partial charge in [0, 0.05) is 18.1 Å². The summed E-state index contributed by atoms with van der Waals surface area (Å²) in [7, 11) is 3.41. The lowest BCUT2D eigenvalue weighted by molar-refractivity contribution is -0.148. The zero-order chi connectivity index (χ0) is 18.0. The molecule has 2 aromatic heterocycles. The van der Waals surface area contributed by atoms with E-state index in [0.29, 0.717) is 22.4 Å². The van der Waals surface area contributed by atoms with Crippen molar-refractivity contribution in [2.45, 2.75) is 19.4 Å². The lowest BCUT2D eigenvalue weighted by Crippen LogP contribution is -2.15. The number of nitrogens with zero attached hydrogens (tertiary/aromatic N) is 3. The van der Waals surface area contributed by atoms with Crippen LogP contribution in [0.3, 0.4) is 0 Å². The summed E-state index contributed by atoms with van der Waals surface area (Å²) in [6, 6.07) is 10.7. The van der Waals surface area contributed by atoms with Gasteiger partial charge in [-0.05, 0) is 31.2 Å². The fourth-order valence-electron chi connectivity index (χ4n) is 2.66. The van der Waals surface area contributed by atoms with Crippen molar-refractivity contribution in [1.82, 2.24) is 14.5 Å². The Kier molecular flexibility index (Phi) is 4.90. The summed E-state index contributed by atoms with van der Waals surface area (Å²) in [6.45, 7) is 1.79. The van der Waals surface area contributed by atoms with E-state index in [9.17, 15) is 4.79 Å². The number of ether oxygens (including phenoxy) is 2. The molecule has 3 rings (SSSR count). The number of rotatable bonds is 5. The molecule has 0 saturated carbocycles. The minimum Gasteiger partial charge on any atom is -0.481 e. The van der Waals surface area contributed by atoms with Crippen LogP contribution in [0.4, 0.5) is 0 Å². The second-order valence-electron chi connectivity index (χ2n) is 5.64. The van der Waals surface area contributed by atoms with Gasteiger partial charge in [0.25, 0.3) is 0 Å². The number of hydrogen-bond acceptors (Lipinski definition) is 5. The van der Waals surface area contributed by atoms with Gasteiger partial charge in [0.15, 0.2) is 11.9 Å². The van der Waals surface area contributed by atoms with Crippen LogP contribution in [0.15, 0.2) is 36.4 Å². The SMILES string of the molecule is COc1cccc(CC(=O)O[C@H](C)c2nc3cc(Cl)ccc3n2C)n1. The zero-order valence-electron chi connectivity index (χ0n) is 14.2. The molecule has 1 aromatic carbocycles. The van der Waals surface area contributed by atoms with Crippen molar-refractivity contribution >= 4 is 28.6 Å². The summed E-state index contributed by atoms with van der Waals surface area (Å²) in [4.78, 5) is 21.0. The molecule has 0 aliphatic carbocycles. The smallest absolute Gasteiger partial charge is 0.312 e. The molecule has 0 radical (unpaired) electrons. The van der Waals surface area contributed by atoms with E-state index in [1.54, 1.807) is 37.3 Å². The number of pyridine rings is 1. The van der Waals surface area contributed by atoms with Crippen molar-refractivity contribution in [3.05, 3.63) is 52.9 Å². The Labute approximate surface area is 150 Å². The van der Waals surface area contributed by atoms with Crippen molar-refractivity contribution in [1.29, 1.82) is 0 Å². The molecule has 0 saturated heterocycles. The summed E-state index contributed by atoms with van der Waals surface area (Å²) < 4.78 is 12.5. The first kappa shape index (κ1) is 17.2. The molecule has 0 bridgehead atoms. The minimum absolute atomic E-state index is 0.0668. The number of esters is 1. The van der Waals surface area contributed by atoms with Gasteiger partial charge in [-0.25, -0.2) is 9.97 Å². The molecule has 0 spiro atoms. The van der Waals surface area contributed by atoms with Crippen LogP contribution in [0.25, 0.3) is 11.0 Å². The second-order valence-corrected chi connectivity index (χ2v) is 6.08. The highest BCUT2D eigenvalue weighted by Crippen LogP contribution is 2.24. The largest absolute Gasteiger partial charge is 0.481 e. The highest BCUT2D eigenvalue weighted by atomic mass is 35.5. The van der Waals surface area contributed by atoms with Crippen LogP contribution in [0.5, 0.6) is 5.88 Å². The standard InChI is InChI=1S/C18H18ClN3O3/c1-11(18-21-14-9-12(19)7-8-15(14)22(18)2)25-17(23)10-13-5-4-6-16(20-13)24-3/h4-9,11H,10H2,1-3H3/t11-/m1/s1. The molecule has 1 atom stereocenters. The van der Waals surface area contributed by atoms with E-state index in [0.717, 1.165) is 11.0 Å². The first-order chi connectivity index (χ1) is 12.0. The number of aryl methyl sites for hydroxylation is 1. The number of hydrogen-bond donors (Lipinski definition) is 0. The quantitative estimate of drug-likeness (QED) is 0.652. The van der Waals surface area contributed by atoms with Gasteiger partial charge in [-0.1, -0.05) is 17.7 Å². The first-order valence-electron chi connectivity index (χ1n) is 7.79. The lowest BCUT2D eigenvalue weighted by atomic mass is 10.2. The third-order valence-electron chi connectivity index (χ3n) is 3.87. The third kappa shape index (κ3) is 3.74. The molecule has 0 aliphatic heterocycles. The highest BCUT2D eigenvalue weighted by molar-refractivity contribution is 6.31. The van der Waals surface area contributed by atoms with Gasteiger partial charge < -0.3 is 14.0 Å². The first-order valence-corrected chi connectivity index (χ1v) is 8.17. The van der Waals surface area contributed by atoms with Crippen molar-refractivity contribution < 1.29 is 14.3 Å². The Morgan fingerprint density at radius 1 is 1.28 bits per heavy atom. The van der Waals surface area contributed by atoms with E-state index in [2.05, 4.69) is 9.97 Å². The maximum absolute atomic E-state index is 12.2. The van der Waals surface area contributed by atoms with Crippen LogP contribution in [-0.4, -0.2) is 27.6 Å². The van der Waals surface area contributed by atoms with E-state index in [1.165, 1.54) is 7.11 Å². The van der Waals surface area contributed by atoms with Crippen LogP contribution >= 0.6 is 11.6 Å². The lowest BCUT2D eigenvalue weighted by Gasteiger charge is -2.13. The number of methoxy groups -OCH3 is 1. The number of imidazole rings is 1. The predicted octanol–water partition coefficient (Wildman–Crippen LogP) is 3.48. The van der Waals surface area contributed by atoms with Crippen LogP contribution in [0, 0.1) is 0 Å². The number of carbonyl (C=O) groups excluding carboxylic acids is 1.